The number of benzene rings is 2. The minimum atomic E-state index is 0.646. The van der Waals surface area contributed by atoms with Crippen molar-refractivity contribution in [2.75, 3.05) is 5.73 Å². The van der Waals surface area contributed by atoms with Crippen LogP contribution in [0.15, 0.2) is 54.7 Å². The van der Waals surface area contributed by atoms with Crippen molar-refractivity contribution < 1.29 is 0 Å². The van der Waals surface area contributed by atoms with Gasteiger partial charge >= 0.3 is 0 Å². The van der Waals surface area contributed by atoms with E-state index in [0.29, 0.717) is 5.69 Å². The van der Waals surface area contributed by atoms with Crippen molar-refractivity contribution in [1.82, 2.24) is 9.78 Å². The third kappa shape index (κ3) is 2.28. The normalized spacial score (nSPS) is 10.7. The third-order valence-corrected chi connectivity index (χ3v) is 3.62. The fourth-order valence-corrected chi connectivity index (χ4v) is 2.24. The molecule has 100 valence electrons. The van der Waals surface area contributed by atoms with Gasteiger partial charge in [-0.1, -0.05) is 48.0 Å². The van der Waals surface area contributed by atoms with Crippen LogP contribution in [0.1, 0.15) is 5.56 Å². The van der Waals surface area contributed by atoms with Gasteiger partial charge in [-0.15, -0.1) is 0 Å². The first kappa shape index (κ1) is 12.8. The van der Waals surface area contributed by atoms with Gasteiger partial charge in [0.05, 0.1) is 17.6 Å². The molecule has 3 rings (SSSR count). The van der Waals surface area contributed by atoms with Gasteiger partial charge in [0.1, 0.15) is 5.69 Å². The van der Waals surface area contributed by atoms with Crippen LogP contribution in [-0.2, 0) is 0 Å². The van der Waals surface area contributed by atoms with Crippen molar-refractivity contribution in [3.8, 4) is 16.9 Å². The lowest BCUT2D eigenvalue weighted by Crippen LogP contribution is -1.95. The lowest BCUT2D eigenvalue weighted by atomic mass is 10.1. The second-order valence-electron chi connectivity index (χ2n) is 4.68. The van der Waals surface area contributed by atoms with E-state index in [0.717, 1.165) is 27.5 Å². The Hall–Kier alpha value is -2.26. The van der Waals surface area contributed by atoms with Gasteiger partial charge in [0.15, 0.2) is 0 Å². The van der Waals surface area contributed by atoms with Crippen LogP contribution in [-0.4, -0.2) is 9.78 Å². The van der Waals surface area contributed by atoms with Crippen molar-refractivity contribution in [2.24, 2.45) is 0 Å². The van der Waals surface area contributed by atoms with E-state index in [-0.39, 0.29) is 0 Å². The van der Waals surface area contributed by atoms with Crippen LogP contribution in [0.25, 0.3) is 16.9 Å². The van der Waals surface area contributed by atoms with Crippen LogP contribution in [0.3, 0.4) is 0 Å². The minimum absolute atomic E-state index is 0.646. The lowest BCUT2D eigenvalue weighted by molar-refractivity contribution is 0.884. The standard InChI is InChI=1S/C16H14ClN3/c1-11-7-8-13(9-14(11)17)20-10-15(18)16(19-20)12-5-3-2-4-6-12/h2-10H,18H2,1H3. The van der Waals surface area contributed by atoms with Gasteiger partial charge in [-0.2, -0.15) is 5.10 Å². The SMILES string of the molecule is Cc1ccc(-n2cc(N)c(-c3ccccc3)n2)cc1Cl. The van der Waals surface area contributed by atoms with Gasteiger partial charge in [-0.25, -0.2) is 4.68 Å². The predicted molar refractivity (Wildman–Crippen MR) is 83.2 cm³/mol. The molecule has 4 heteroatoms. The molecule has 0 spiro atoms. The molecule has 2 N–H and O–H groups in total. The summed E-state index contributed by atoms with van der Waals surface area (Å²) in [6.45, 7) is 1.97. The summed E-state index contributed by atoms with van der Waals surface area (Å²) in [4.78, 5) is 0. The monoisotopic (exact) mass is 283 g/mol. The third-order valence-electron chi connectivity index (χ3n) is 3.21. The fraction of sp³-hybridized carbons (Fsp3) is 0.0625. The molecule has 0 aliphatic heterocycles. The van der Waals surface area contributed by atoms with Crippen LogP contribution in [0.2, 0.25) is 5.02 Å². The Bertz CT molecular complexity index is 748. The van der Waals surface area contributed by atoms with E-state index in [4.69, 9.17) is 17.3 Å². The Morgan fingerprint density at radius 2 is 1.85 bits per heavy atom. The molecule has 20 heavy (non-hydrogen) atoms. The molecule has 1 heterocycles. The smallest absolute Gasteiger partial charge is 0.116 e. The first-order chi connectivity index (χ1) is 9.65. The molecule has 0 radical (unpaired) electrons. The number of anilines is 1. The van der Waals surface area contributed by atoms with Gasteiger partial charge in [0.25, 0.3) is 0 Å². The summed E-state index contributed by atoms with van der Waals surface area (Å²) < 4.78 is 1.75. The van der Waals surface area contributed by atoms with Gasteiger partial charge in [0, 0.05) is 10.6 Å². The average molecular weight is 284 g/mol. The summed E-state index contributed by atoms with van der Waals surface area (Å²) in [5.74, 6) is 0. The Balaban J connectivity index is 2.06. The van der Waals surface area contributed by atoms with E-state index in [1.807, 2.05) is 61.7 Å². The zero-order valence-corrected chi connectivity index (χ0v) is 11.8. The molecule has 0 aliphatic carbocycles. The highest BCUT2D eigenvalue weighted by molar-refractivity contribution is 6.31. The van der Waals surface area contributed by atoms with Crippen LogP contribution in [0, 0.1) is 6.92 Å². The van der Waals surface area contributed by atoms with Gasteiger partial charge < -0.3 is 5.73 Å². The Labute approximate surface area is 122 Å². The fourth-order valence-electron chi connectivity index (χ4n) is 2.06. The first-order valence-electron chi connectivity index (χ1n) is 6.32. The predicted octanol–water partition coefficient (Wildman–Crippen LogP) is 4.08. The summed E-state index contributed by atoms with van der Waals surface area (Å²) >= 11 is 6.15. The highest BCUT2D eigenvalue weighted by atomic mass is 35.5. The maximum atomic E-state index is 6.15. The maximum absolute atomic E-state index is 6.15. The summed E-state index contributed by atoms with van der Waals surface area (Å²) in [7, 11) is 0. The molecule has 0 saturated heterocycles. The summed E-state index contributed by atoms with van der Waals surface area (Å²) in [5.41, 5.74) is 10.4. The molecule has 0 unspecified atom stereocenters. The number of nitrogens with two attached hydrogens (primary N) is 1. The minimum Gasteiger partial charge on any atom is -0.396 e. The Kier molecular flexibility index (Phi) is 3.20. The van der Waals surface area contributed by atoms with E-state index in [2.05, 4.69) is 5.10 Å². The molecule has 0 bridgehead atoms. The average Bonchev–Trinajstić information content (AvgIpc) is 2.85. The second kappa shape index (κ2) is 5.02. The number of nitrogens with zero attached hydrogens (tertiary/aromatic N) is 2. The largest absolute Gasteiger partial charge is 0.396 e. The van der Waals surface area contributed by atoms with Crippen molar-refractivity contribution in [3.63, 3.8) is 0 Å². The highest BCUT2D eigenvalue weighted by Gasteiger charge is 2.09. The molecule has 0 aliphatic rings. The number of halogens is 1. The number of aryl methyl sites for hydroxylation is 1. The number of hydrogen-bond acceptors (Lipinski definition) is 2. The Morgan fingerprint density at radius 1 is 1.10 bits per heavy atom. The second-order valence-corrected chi connectivity index (χ2v) is 5.08. The molecule has 1 aromatic heterocycles. The number of aromatic nitrogens is 2. The molecule has 3 aromatic rings. The van der Waals surface area contributed by atoms with Crippen LogP contribution >= 0.6 is 11.6 Å². The van der Waals surface area contributed by atoms with Crippen molar-refractivity contribution in [3.05, 3.63) is 65.3 Å². The molecular formula is C16H14ClN3. The van der Waals surface area contributed by atoms with Crippen molar-refractivity contribution >= 4 is 17.3 Å². The zero-order valence-electron chi connectivity index (χ0n) is 11.0. The van der Waals surface area contributed by atoms with E-state index in [9.17, 15) is 0 Å². The molecule has 0 saturated carbocycles. The van der Waals surface area contributed by atoms with E-state index < -0.39 is 0 Å². The van der Waals surface area contributed by atoms with Crippen LogP contribution in [0.5, 0.6) is 0 Å². The van der Waals surface area contributed by atoms with Crippen molar-refractivity contribution in [1.29, 1.82) is 0 Å². The highest BCUT2D eigenvalue weighted by Crippen LogP contribution is 2.26. The molecule has 2 aromatic carbocycles. The molecule has 0 amide bonds. The summed E-state index contributed by atoms with van der Waals surface area (Å²) in [6.07, 6.45) is 1.81. The Morgan fingerprint density at radius 3 is 2.55 bits per heavy atom. The number of hydrogen-bond donors (Lipinski definition) is 1. The quantitative estimate of drug-likeness (QED) is 0.770. The zero-order chi connectivity index (χ0) is 14.1. The number of rotatable bonds is 2. The van der Waals surface area contributed by atoms with E-state index >= 15 is 0 Å². The van der Waals surface area contributed by atoms with Gasteiger partial charge in [-0.3, -0.25) is 0 Å². The van der Waals surface area contributed by atoms with Crippen LogP contribution < -0.4 is 5.73 Å². The van der Waals surface area contributed by atoms with Crippen molar-refractivity contribution in [2.45, 2.75) is 6.92 Å². The summed E-state index contributed by atoms with van der Waals surface area (Å²) in [6, 6.07) is 15.7. The maximum Gasteiger partial charge on any atom is 0.116 e. The van der Waals surface area contributed by atoms with E-state index in [1.54, 1.807) is 4.68 Å². The first-order valence-corrected chi connectivity index (χ1v) is 6.70. The molecular weight excluding hydrogens is 270 g/mol. The van der Waals surface area contributed by atoms with Gasteiger partial charge in [0.2, 0.25) is 0 Å². The van der Waals surface area contributed by atoms with E-state index in [1.165, 1.54) is 0 Å². The number of nitrogen functional groups attached to an aromatic ring is 1. The topological polar surface area (TPSA) is 43.8 Å². The molecule has 0 atom stereocenters. The lowest BCUT2D eigenvalue weighted by Gasteiger charge is -2.03. The summed E-state index contributed by atoms with van der Waals surface area (Å²) in [5, 5.41) is 5.27. The van der Waals surface area contributed by atoms with Gasteiger partial charge in [-0.05, 0) is 24.6 Å². The van der Waals surface area contributed by atoms with Crippen LogP contribution in [0.4, 0.5) is 5.69 Å². The molecule has 0 fully saturated rings. The molecule has 3 nitrogen and oxygen atoms in total.